The first-order valence-corrected chi connectivity index (χ1v) is 5.81. The molecule has 1 saturated heterocycles. The van der Waals surface area contributed by atoms with Crippen LogP contribution in [0.4, 0.5) is 0 Å². The van der Waals surface area contributed by atoms with Crippen molar-refractivity contribution in [1.29, 1.82) is 0 Å². The molecule has 2 N–H and O–H groups in total. The van der Waals surface area contributed by atoms with Gasteiger partial charge in [-0.25, -0.2) is 0 Å². The zero-order chi connectivity index (χ0) is 11.4. The molecule has 2 heterocycles. The Labute approximate surface area is 96.2 Å². The first-order valence-electron chi connectivity index (χ1n) is 5.81. The smallest absolute Gasteiger partial charge is 0.0593 e. The Morgan fingerprint density at radius 2 is 2.38 bits per heavy atom. The van der Waals surface area contributed by atoms with Crippen LogP contribution in [0.2, 0.25) is 0 Å². The first-order chi connectivity index (χ1) is 7.81. The van der Waals surface area contributed by atoms with E-state index in [4.69, 9.17) is 10.5 Å². The summed E-state index contributed by atoms with van der Waals surface area (Å²) in [4.78, 5) is 2.39. The van der Waals surface area contributed by atoms with Gasteiger partial charge in [0.15, 0.2) is 0 Å². The maximum Gasteiger partial charge on any atom is 0.0593 e. The lowest BCUT2D eigenvalue weighted by Gasteiger charge is -2.28. The third kappa shape index (κ3) is 2.61. The normalized spacial score (nSPS) is 20.6. The average Bonchev–Trinajstić information content (AvgIpc) is 2.55. The average molecular weight is 224 g/mol. The van der Waals surface area contributed by atoms with Crippen LogP contribution in [0.25, 0.3) is 0 Å². The van der Waals surface area contributed by atoms with E-state index in [1.165, 1.54) is 5.56 Å². The highest BCUT2D eigenvalue weighted by molar-refractivity contribution is 5.11. The Bertz CT molecular complexity index is 318. The Kier molecular flexibility index (Phi) is 3.93. The summed E-state index contributed by atoms with van der Waals surface area (Å²) in [5.41, 5.74) is 7.08. The van der Waals surface area contributed by atoms with Gasteiger partial charge < -0.3 is 10.5 Å². The molecule has 1 fully saturated rings. The van der Waals surface area contributed by atoms with Crippen molar-refractivity contribution in [3.05, 3.63) is 18.0 Å². The monoisotopic (exact) mass is 224 g/mol. The molecule has 1 atom stereocenters. The molecule has 0 bridgehead atoms. The van der Waals surface area contributed by atoms with Gasteiger partial charge in [0.2, 0.25) is 0 Å². The summed E-state index contributed by atoms with van der Waals surface area (Å²) >= 11 is 0. The van der Waals surface area contributed by atoms with Crippen LogP contribution in [0.15, 0.2) is 12.4 Å². The third-order valence-electron chi connectivity index (χ3n) is 3.03. The lowest BCUT2D eigenvalue weighted by molar-refractivity contribution is 0.132. The molecule has 5 nitrogen and oxygen atoms in total. The van der Waals surface area contributed by atoms with Crippen LogP contribution in [0.5, 0.6) is 0 Å². The van der Waals surface area contributed by atoms with E-state index in [-0.39, 0.29) is 6.04 Å². The van der Waals surface area contributed by atoms with E-state index in [2.05, 4.69) is 10.00 Å². The van der Waals surface area contributed by atoms with Gasteiger partial charge in [0.1, 0.15) is 0 Å². The number of nitrogens with zero attached hydrogens (tertiary/aromatic N) is 3. The molecule has 16 heavy (non-hydrogen) atoms. The van der Waals surface area contributed by atoms with E-state index in [0.29, 0.717) is 6.54 Å². The maximum atomic E-state index is 5.88. The molecule has 1 aromatic heterocycles. The zero-order valence-electron chi connectivity index (χ0n) is 9.80. The fraction of sp³-hybridized carbons (Fsp3) is 0.727. The second-order valence-electron chi connectivity index (χ2n) is 4.20. The lowest BCUT2D eigenvalue weighted by atomic mass is 10.1. The highest BCUT2D eigenvalue weighted by Gasteiger charge is 2.21. The van der Waals surface area contributed by atoms with Crippen molar-refractivity contribution in [3.8, 4) is 0 Å². The minimum absolute atomic E-state index is 0.274. The molecule has 0 aliphatic carbocycles. The SMILES string of the molecule is Cn1cc(C(CN)N2CCCOCC2)cn1. The van der Waals surface area contributed by atoms with Crippen molar-refractivity contribution in [2.24, 2.45) is 12.8 Å². The molecule has 0 spiro atoms. The van der Waals surface area contributed by atoms with Gasteiger partial charge >= 0.3 is 0 Å². The van der Waals surface area contributed by atoms with E-state index in [9.17, 15) is 0 Å². The summed E-state index contributed by atoms with van der Waals surface area (Å²) < 4.78 is 7.28. The Balaban J connectivity index is 2.08. The highest BCUT2D eigenvalue weighted by Crippen LogP contribution is 2.19. The topological polar surface area (TPSA) is 56.3 Å². The van der Waals surface area contributed by atoms with Gasteiger partial charge in [-0.15, -0.1) is 0 Å². The summed E-state index contributed by atoms with van der Waals surface area (Å²) in [5, 5.41) is 4.21. The molecular formula is C11H20N4O. The van der Waals surface area contributed by atoms with Crippen LogP contribution in [0, 0.1) is 0 Å². The van der Waals surface area contributed by atoms with E-state index < -0.39 is 0 Å². The quantitative estimate of drug-likeness (QED) is 0.793. The number of hydrogen-bond donors (Lipinski definition) is 1. The van der Waals surface area contributed by atoms with Gasteiger partial charge in [0, 0.05) is 45.0 Å². The summed E-state index contributed by atoms with van der Waals surface area (Å²) in [6, 6.07) is 0.274. The Morgan fingerprint density at radius 3 is 3.06 bits per heavy atom. The number of nitrogens with two attached hydrogens (primary N) is 1. The molecule has 1 aliphatic rings. The van der Waals surface area contributed by atoms with Crippen LogP contribution in [-0.2, 0) is 11.8 Å². The van der Waals surface area contributed by atoms with Crippen molar-refractivity contribution in [3.63, 3.8) is 0 Å². The first kappa shape index (κ1) is 11.6. The molecule has 90 valence electrons. The fourth-order valence-corrected chi connectivity index (χ4v) is 2.19. The number of rotatable bonds is 3. The Hall–Kier alpha value is -0.910. The van der Waals surface area contributed by atoms with Crippen LogP contribution in [0.3, 0.4) is 0 Å². The number of hydrogen-bond acceptors (Lipinski definition) is 4. The molecule has 1 unspecified atom stereocenters. The zero-order valence-corrected chi connectivity index (χ0v) is 9.80. The standard InChI is InChI=1S/C11H20N4O/c1-14-9-10(8-13-14)11(7-12)15-3-2-5-16-6-4-15/h8-9,11H,2-7,12H2,1H3. The maximum absolute atomic E-state index is 5.88. The van der Waals surface area contributed by atoms with Crippen LogP contribution in [0.1, 0.15) is 18.0 Å². The predicted molar refractivity (Wildman–Crippen MR) is 62.0 cm³/mol. The second-order valence-corrected chi connectivity index (χ2v) is 4.20. The van der Waals surface area contributed by atoms with Gasteiger partial charge in [0.25, 0.3) is 0 Å². The van der Waals surface area contributed by atoms with Gasteiger partial charge in [-0.3, -0.25) is 9.58 Å². The summed E-state index contributed by atoms with van der Waals surface area (Å²) in [5.74, 6) is 0. The largest absolute Gasteiger partial charge is 0.380 e. The Morgan fingerprint density at radius 1 is 1.50 bits per heavy atom. The van der Waals surface area contributed by atoms with E-state index in [1.54, 1.807) is 0 Å². The van der Waals surface area contributed by atoms with Gasteiger partial charge in [-0.1, -0.05) is 0 Å². The second kappa shape index (κ2) is 5.43. The molecule has 0 saturated carbocycles. The molecule has 1 aromatic rings. The lowest BCUT2D eigenvalue weighted by Crippen LogP contribution is -2.35. The van der Waals surface area contributed by atoms with Crippen molar-refractivity contribution < 1.29 is 4.74 Å². The van der Waals surface area contributed by atoms with Crippen LogP contribution >= 0.6 is 0 Å². The van der Waals surface area contributed by atoms with Gasteiger partial charge in [0.05, 0.1) is 18.8 Å². The molecular weight excluding hydrogens is 204 g/mol. The van der Waals surface area contributed by atoms with Crippen LogP contribution < -0.4 is 5.73 Å². The van der Waals surface area contributed by atoms with Crippen molar-refractivity contribution in [1.82, 2.24) is 14.7 Å². The predicted octanol–water partition coefficient (Wildman–Crippen LogP) is 0.142. The van der Waals surface area contributed by atoms with Gasteiger partial charge in [-0.2, -0.15) is 5.10 Å². The van der Waals surface area contributed by atoms with Crippen molar-refractivity contribution in [2.45, 2.75) is 12.5 Å². The van der Waals surface area contributed by atoms with E-state index >= 15 is 0 Å². The third-order valence-corrected chi connectivity index (χ3v) is 3.03. The van der Waals surface area contributed by atoms with Crippen molar-refractivity contribution >= 4 is 0 Å². The minimum Gasteiger partial charge on any atom is -0.380 e. The van der Waals surface area contributed by atoms with Crippen molar-refractivity contribution in [2.75, 3.05) is 32.8 Å². The van der Waals surface area contributed by atoms with Gasteiger partial charge in [-0.05, 0) is 6.42 Å². The number of aromatic nitrogens is 2. The molecule has 0 radical (unpaired) electrons. The molecule has 1 aliphatic heterocycles. The van der Waals surface area contributed by atoms with E-state index in [1.807, 2.05) is 24.1 Å². The highest BCUT2D eigenvalue weighted by atomic mass is 16.5. The molecule has 0 amide bonds. The van der Waals surface area contributed by atoms with E-state index in [0.717, 1.165) is 32.7 Å². The molecule has 0 aromatic carbocycles. The van der Waals surface area contributed by atoms with Crippen LogP contribution in [-0.4, -0.2) is 47.5 Å². The summed E-state index contributed by atoms with van der Waals surface area (Å²) in [7, 11) is 1.93. The summed E-state index contributed by atoms with van der Waals surface area (Å²) in [6.45, 7) is 4.30. The number of ether oxygens (including phenoxy) is 1. The summed E-state index contributed by atoms with van der Waals surface area (Å²) in [6.07, 6.45) is 5.03. The minimum atomic E-state index is 0.274. The molecule has 2 rings (SSSR count). The molecule has 5 heteroatoms. The fourth-order valence-electron chi connectivity index (χ4n) is 2.19. The number of aryl methyl sites for hydroxylation is 1.